The Morgan fingerprint density at radius 2 is 2.18 bits per heavy atom. The lowest BCUT2D eigenvalue weighted by Gasteiger charge is -2.45. The molecule has 1 saturated carbocycles. The summed E-state index contributed by atoms with van der Waals surface area (Å²) in [6, 6.07) is 0. The second-order valence-electron chi connectivity index (χ2n) is 5.16. The van der Waals surface area contributed by atoms with E-state index in [9.17, 15) is 4.79 Å². The number of amides is 1. The Labute approximate surface area is 103 Å². The zero-order valence-corrected chi connectivity index (χ0v) is 10.9. The van der Waals surface area contributed by atoms with Crippen LogP contribution in [0.15, 0.2) is 5.16 Å². The van der Waals surface area contributed by atoms with Crippen molar-refractivity contribution in [2.75, 3.05) is 13.6 Å². The zero-order chi connectivity index (χ0) is 13.1. The molecule has 5 nitrogen and oxygen atoms in total. The van der Waals surface area contributed by atoms with Gasteiger partial charge in [0.1, 0.15) is 5.41 Å². The summed E-state index contributed by atoms with van der Waals surface area (Å²) in [4.78, 5) is 14.1. The molecule has 1 fully saturated rings. The first-order valence-corrected chi connectivity index (χ1v) is 6.21. The maximum atomic E-state index is 12.4. The van der Waals surface area contributed by atoms with Crippen LogP contribution in [0.5, 0.6) is 0 Å². The minimum atomic E-state index is -0.753. The summed E-state index contributed by atoms with van der Waals surface area (Å²) in [7, 11) is 1.79. The van der Waals surface area contributed by atoms with Crippen LogP contribution in [-0.2, 0) is 4.79 Å². The van der Waals surface area contributed by atoms with E-state index < -0.39 is 5.41 Å². The van der Waals surface area contributed by atoms with Gasteiger partial charge in [-0.15, -0.1) is 0 Å². The summed E-state index contributed by atoms with van der Waals surface area (Å²) < 4.78 is 0. The average molecular weight is 241 g/mol. The van der Waals surface area contributed by atoms with Gasteiger partial charge >= 0.3 is 0 Å². The highest BCUT2D eigenvalue weighted by molar-refractivity contribution is 6.07. The summed E-state index contributed by atoms with van der Waals surface area (Å²) in [5.74, 6) is 0.502. The van der Waals surface area contributed by atoms with Crippen molar-refractivity contribution >= 4 is 11.7 Å². The number of unbranched alkanes of at least 4 members (excludes halogenated alkanes) is 1. The molecule has 0 heterocycles. The normalized spacial score (nSPS) is 28.6. The monoisotopic (exact) mass is 241 g/mol. The number of carbonyl (C=O) groups is 1. The molecular weight excluding hydrogens is 218 g/mol. The van der Waals surface area contributed by atoms with Crippen molar-refractivity contribution in [3.8, 4) is 0 Å². The minimum Gasteiger partial charge on any atom is -0.409 e. The second kappa shape index (κ2) is 5.38. The maximum Gasteiger partial charge on any atom is 0.236 e. The summed E-state index contributed by atoms with van der Waals surface area (Å²) in [6.07, 6.45) is 3.38. The molecule has 0 aromatic carbocycles. The van der Waals surface area contributed by atoms with Crippen LogP contribution >= 0.6 is 0 Å². The molecule has 1 aliphatic carbocycles. The Hall–Kier alpha value is -1.26. The summed E-state index contributed by atoms with van der Waals surface area (Å²) in [6.45, 7) is 4.88. The third-order valence-corrected chi connectivity index (χ3v) is 3.60. The predicted octanol–water partition coefficient (Wildman–Crippen LogP) is 1.41. The van der Waals surface area contributed by atoms with Crippen molar-refractivity contribution in [2.24, 2.45) is 22.2 Å². The molecule has 1 aliphatic rings. The van der Waals surface area contributed by atoms with Gasteiger partial charge in [0.15, 0.2) is 5.84 Å². The molecule has 0 unspecified atom stereocenters. The van der Waals surface area contributed by atoms with E-state index in [-0.39, 0.29) is 11.7 Å². The highest BCUT2D eigenvalue weighted by Crippen LogP contribution is 2.46. The molecule has 0 aromatic heterocycles. The molecule has 98 valence electrons. The molecule has 0 bridgehead atoms. The van der Waals surface area contributed by atoms with Gasteiger partial charge in [0.25, 0.3) is 0 Å². The van der Waals surface area contributed by atoms with Crippen molar-refractivity contribution in [2.45, 2.75) is 39.5 Å². The molecule has 0 atom stereocenters. The van der Waals surface area contributed by atoms with Crippen LogP contribution in [0.1, 0.15) is 39.5 Å². The lowest BCUT2D eigenvalue weighted by molar-refractivity contribution is -0.143. The number of amidine groups is 1. The quantitative estimate of drug-likeness (QED) is 0.330. The van der Waals surface area contributed by atoms with Crippen LogP contribution in [0.4, 0.5) is 0 Å². The number of oxime groups is 1. The van der Waals surface area contributed by atoms with Gasteiger partial charge in [-0.1, -0.05) is 25.4 Å². The summed E-state index contributed by atoms with van der Waals surface area (Å²) in [5, 5.41) is 11.9. The minimum absolute atomic E-state index is 0.0145. The molecule has 0 spiro atoms. The van der Waals surface area contributed by atoms with E-state index in [1.165, 1.54) is 0 Å². The third kappa shape index (κ3) is 2.53. The summed E-state index contributed by atoms with van der Waals surface area (Å²) >= 11 is 0. The van der Waals surface area contributed by atoms with Gasteiger partial charge in [0.05, 0.1) is 0 Å². The van der Waals surface area contributed by atoms with Gasteiger partial charge in [-0.25, -0.2) is 0 Å². The van der Waals surface area contributed by atoms with E-state index in [0.717, 1.165) is 19.4 Å². The van der Waals surface area contributed by atoms with Crippen molar-refractivity contribution in [1.82, 2.24) is 4.90 Å². The number of carbonyl (C=O) groups excluding carboxylic acids is 1. The van der Waals surface area contributed by atoms with Crippen LogP contribution in [-0.4, -0.2) is 35.4 Å². The first kappa shape index (κ1) is 13.8. The topological polar surface area (TPSA) is 78.9 Å². The molecule has 3 N–H and O–H groups in total. The molecule has 5 heteroatoms. The largest absolute Gasteiger partial charge is 0.409 e. The number of nitrogens with two attached hydrogens (primary N) is 1. The molecular formula is C12H23N3O2. The second-order valence-corrected chi connectivity index (χ2v) is 5.16. The maximum absolute atomic E-state index is 12.4. The van der Waals surface area contributed by atoms with E-state index in [0.29, 0.717) is 18.8 Å². The van der Waals surface area contributed by atoms with Crippen LogP contribution in [0, 0.1) is 11.3 Å². The first-order chi connectivity index (χ1) is 7.97. The first-order valence-electron chi connectivity index (χ1n) is 6.21. The number of nitrogens with zero attached hydrogens (tertiary/aromatic N) is 2. The molecule has 0 saturated heterocycles. The Balaban J connectivity index is 2.75. The molecule has 0 aliphatic heterocycles. The van der Waals surface area contributed by atoms with Crippen LogP contribution in [0.2, 0.25) is 0 Å². The summed E-state index contributed by atoms with van der Waals surface area (Å²) in [5.41, 5.74) is 4.94. The lowest BCUT2D eigenvalue weighted by atomic mass is 9.61. The Morgan fingerprint density at radius 1 is 1.59 bits per heavy atom. The van der Waals surface area contributed by atoms with E-state index in [1.54, 1.807) is 11.9 Å². The SMILES string of the molecule is CCCCN(C)C(=O)C1(C(N)=NO)CC(C)C1. The van der Waals surface area contributed by atoms with Gasteiger partial charge < -0.3 is 15.8 Å². The zero-order valence-electron chi connectivity index (χ0n) is 10.9. The van der Waals surface area contributed by atoms with Gasteiger partial charge in [-0.05, 0) is 25.2 Å². The van der Waals surface area contributed by atoms with E-state index in [4.69, 9.17) is 10.9 Å². The van der Waals surface area contributed by atoms with Crippen molar-refractivity contribution in [3.05, 3.63) is 0 Å². The fraction of sp³-hybridized carbons (Fsp3) is 0.833. The van der Waals surface area contributed by atoms with Crippen molar-refractivity contribution in [3.63, 3.8) is 0 Å². The van der Waals surface area contributed by atoms with E-state index >= 15 is 0 Å². The molecule has 1 rings (SSSR count). The Morgan fingerprint density at radius 3 is 2.59 bits per heavy atom. The van der Waals surface area contributed by atoms with Crippen LogP contribution < -0.4 is 5.73 Å². The standard InChI is InChI=1S/C12H23N3O2/c1-4-5-6-15(3)11(16)12(10(13)14-17)7-9(2)8-12/h9,17H,4-8H2,1-3H3,(H2,13,14). The van der Waals surface area contributed by atoms with E-state index in [2.05, 4.69) is 19.0 Å². The number of rotatable bonds is 5. The highest BCUT2D eigenvalue weighted by atomic mass is 16.4. The van der Waals surface area contributed by atoms with Crippen LogP contribution in [0.25, 0.3) is 0 Å². The molecule has 0 radical (unpaired) electrons. The Kier molecular flexibility index (Phi) is 4.37. The third-order valence-electron chi connectivity index (χ3n) is 3.60. The van der Waals surface area contributed by atoms with E-state index in [1.807, 2.05) is 0 Å². The fourth-order valence-corrected chi connectivity index (χ4v) is 2.58. The van der Waals surface area contributed by atoms with Crippen molar-refractivity contribution < 1.29 is 10.0 Å². The lowest BCUT2D eigenvalue weighted by Crippen LogP contribution is -2.57. The van der Waals surface area contributed by atoms with Crippen LogP contribution in [0.3, 0.4) is 0 Å². The average Bonchev–Trinajstić information content (AvgIpc) is 2.29. The van der Waals surface area contributed by atoms with Gasteiger partial charge in [0, 0.05) is 13.6 Å². The van der Waals surface area contributed by atoms with Crippen molar-refractivity contribution in [1.29, 1.82) is 0 Å². The Bertz CT molecular complexity index is 309. The molecule has 1 amide bonds. The number of hydrogen-bond donors (Lipinski definition) is 2. The number of hydrogen-bond acceptors (Lipinski definition) is 3. The van der Waals surface area contributed by atoms with Gasteiger partial charge in [-0.3, -0.25) is 4.79 Å². The predicted molar refractivity (Wildman–Crippen MR) is 66.8 cm³/mol. The van der Waals surface area contributed by atoms with Gasteiger partial charge in [0.2, 0.25) is 5.91 Å². The molecule has 0 aromatic rings. The fourth-order valence-electron chi connectivity index (χ4n) is 2.58. The smallest absolute Gasteiger partial charge is 0.236 e. The molecule has 17 heavy (non-hydrogen) atoms. The highest BCUT2D eigenvalue weighted by Gasteiger charge is 2.53. The van der Waals surface area contributed by atoms with Gasteiger partial charge in [-0.2, -0.15) is 0 Å².